The van der Waals surface area contributed by atoms with Gasteiger partial charge in [0.2, 0.25) is 0 Å². The first-order valence-corrected chi connectivity index (χ1v) is 6.65. The van der Waals surface area contributed by atoms with Crippen molar-refractivity contribution < 1.29 is 9.15 Å². The molecular formula is C15H22N2O2. The van der Waals surface area contributed by atoms with Gasteiger partial charge in [0, 0.05) is 30.6 Å². The van der Waals surface area contributed by atoms with Crippen LogP contribution in [0.4, 0.5) is 0 Å². The predicted molar refractivity (Wildman–Crippen MR) is 77.3 cm³/mol. The van der Waals surface area contributed by atoms with Crippen LogP contribution >= 0.6 is 0 Å². The highest BCUT2D eigenvalue weighted by Gasteiger charge is 2.03. The summed E-state index contributed by atoms with van der Waals surface area (Å²) < 4.78 is 11.0. The Morgan fingerprint density at radius 1 is 1.21 bits per heavy atom. The molecule has 19 heavy (non-hydrogen) atoms. The first kappa shape index (κ1) is 14.1. The van der Waals surface area contributed by atoms with E-state index >= 15 is 0 Å². The molecule has 2 aromatic rings. The number of hydrogen-bond donors (Lipinski definition) is 1. The van der Waals surface area contributed by atoms with Gasteiger partial charge < -0.3 is 19.4 Å². The van der Waals surface area contributed by atoms with Gasteiger partial charge in [-0.25, -0.2) is 0 Å². The summed E-state index contributed by atoms with van der Waals surface area (Å²) in [5.74, 6) is 0. The molecule has 0 radical (unpaired) electrons. The van der Waals surface area contributed by atoms with Crippen molar-refractivity contribution >= 4 is 11.0 Å². The van der Waals surface area contributed by atoms with Crippen LogP contribution in [0.25, 0.3) is 11.0 Å². The van der Waals surface area contributed by atoms with E-state index in [-0.39, 0.29) is 0 Å². The number of likely N-dealkylation sites (N-methyl/N-ethyl adjacent to an activating group) is 1. The molecule has 1 aromatic carbocycles. The smallest absolute Gasteiger partial charge is 0.134 e. The molecule has 4 nitrogen and oxygen atoms in total. The quantitative estimate of drug-likeness (QED) is 0.739. The van der Waals surface area contributed by atoms with Gasteiger partial charge in [-0.15, -0.1) is 0 Å². The summed E-state index contributed by atoms with van der Waals surface area (Å²) in [5, 5.41) is 4.55. The highest BCUT2D eigenvalue weighted by atomic mass is 16.5. The fourth-order valence-corrected chi connectivity index (χ4v) is 1.89. The summed E-state index contributed by atoms with van der Waals surface area (Å²) in [6, 6.07) is 8.10. The third-order valence-corrected chi connectivity index (χ3v) is 2.98. The van der Waals surface area contributed by atoms with E-state index in [1.165, 1.54) is 10.9 Å². The van der Waals surface area contributed by atoms with Crippen molar-refractivity contribution in [2.75, 3.05) is 40.4 Å². The average Bonchev–Trinajstić information content (AvgIpc) is 2.81. The standard InChI is InChI=1S/C15H22N2O2/c1-17(2)8-10-18-9-7-16-11-13-12-19-15-6-4-3-5-14(13)15/h3-6,12,16H,7-11H2,1-2H3. The summed E-state index contributed by atoms with van der Waals surface area (Å²) in [6.45, 7) is 4.15. The predicted octanol–water partition coefficient (Wildman–Crippen LogP) is 2.10. The maximum absolute atomic E-state index is 5.52. The van der Waals surface area contributed by atoms with Gasteiger partial charge in [-0.1, -0.05) is 18.2 Å². The minimum atomic E-state index is 0.740. The number of hydrogen-bond acceptors (Lipinski definition) is 4. The average molecular weight is 262 g/mol. The number of fused-ring (bicyclic) bond motifs is 1. The molecule has 0 saturated carbocycles. The van der Waals surface area contributed by atoms with E-state index in [0.29, 0.717) is 0 Å². The Labute approximate surface area is 114 Å². The molecule has 4 heteroatoms. The van der Waals surface area contributed by atoms with Gasteiger partial charge in [-0.3, -0.25) is 0 Å². The Bertz CT molecular complexity index is 494. The molecule has 0 aliphatic heterocycles. The summed E-state index contributed by atoms with van der Waals surface area (Å²) >= 11 is 0. The summed E-state index contributed by atoms with van der Waals surface area (Å²) in [6.07, 6.45) is 1.82. The monoisotopic (exact) mass is 262 g/mol. The van der Waals surface area contributed by atoms with Gasteiger partial charge in [0.15, 0.2) is 0 Å². The second kappa shape index (κ2) is 7.28. The van der Waals surface area contributed by atoms with Crippen molar-refractivity contribution in [3.8, 4) is 0 Å². The Morgan fingerprint density at radius 3 is 2.89 bits per heavy atom. The maximum Gasteiger partial charge on any atom is 0.134 e. The molecule has 0 aliphatic rings. The third-order valence-electron chi connectivity index (χ3n) is 2.98. The summed E-state index contributed by atoms with van der Waals surface area (Å²) in [7, 11) is 4.09. The number of nitrogens with zero attached hydrogens (tertiary/aromatic N) is 1. The Balaban J connectivity index is 1.66. The number of para-hydroxylation sites is 1. The first-order chi connectivity index (χ1) is 9.27. The van der Waals surface area contributed by atoms with E-state index < -0.39 is 0 Å². The lowest BCUT2D eigenvalue weighted by atomic mass is 10.2. The van der Waals surface area contributed by atoms with Crippen LogP contribution in [0.2, 0.25) is 0 Å². The largest absolute Gasteiger partial charge is 0.464 e. The molecule has 0 atom stereocenters. The normalized spacial score (nSPS) is 11.5. The zero-order valence-electron chi connectivity index (χ0n) is 11.7. The van der Waals surface area contributed by atoms with Gasteiger partial charge >= 0.3 is 0 Å². The van der Waals surface area contributed by atoms with Crippen LogP contribution in [0.1, 0.15) is 5.56 Å². The summed E-state index contributed by atoms with van der Waals surface area (Å²) in [5.41, 5.74) is 2.14. The lowest BCUT2D eigenvalue weighted by Gasteiger charge is -2.10. The van der Waals surface area contributed by atoms with Crippen molar-refractivity contribution in [1.29, 1.82) is 0 Å². The number of rotatable bonds is 8. The Morgan fingerprint density at radius 2 is 2.05 bits per heavy atom. The van der Waals surface area contributed by atoms with Crippen molar-refractivity contribution in [2.24, 2.45) is 0 Å². The topological polar surface area (TPSA) is 37.6 Å². The molecule has 0 amide bonds. The molecule has 0 unspecified atom stereocenters. The minimum absolute atomic E-state index is 0.740. The number of nitrogens with one attached hydrogen (secondary N) is 1. The van der Waals surface area contributed by atoms with Gasteiger partial charge in [0.05, 0.1) is 19.5 Å². The van der Waals surface area contributed by atoms with Crippen LogP contribution in [-0.4, -0.2) is 45.3 Å². The van der Waals surface area contributed by atoms with E-state index in [4.69, 9.17) is 9.15 Å². The lowest BCUT2D eigenvalue weighted by Crippen LogP contribution is -2.22. The fourth-order valence-electron chi connectivity index (χ4n) is 1.89. The minimum Gasteiger partial charge on any atom is -0.464 e. The van der Waals surface area contributed by atoms with Gasteiger partial charge in [-0.05, 0) is 20.2 Å². The fraction of sp³-hybridized carbons (Fsp3) is 0.467. The lowest BCUT2D eigenvalue weighted by molar-refractivity contribution is 0.119. The second-order valence-corrected chi connectivity index (χ2v) is 4.85. The van der Waals surface area contributed by atoms with Crippen molar-refractivity contribution in [3.05, 3.63) is 36.1 Å². The van der Waals surface area contributed by atoms with Gasteiger partial charge in [-0.2, -0.15) is 0 Å². The molecule has 0 aliphatic carbocycles. The number of benzene rings is 1. The molecule has 1 aromatic heterocycles. The van der Waals surface area contributed by atoms with E-state index in [1.807, 2.05) is 38.6 Å². The highest BCUT2D eigenvalue weighted by Crippen LogP contribution is 2.20. The Kier molecular flexibility index (Phi) is 5.39. The van der Waals surface area contributed by atoms with E-state index in [0.717, 1.165) is 38.4 Å². The highest BCUT2D eigenvalue weighted by molar-refractivity contribution is 5.80. The van der Waals surface area contributed by atoms with Gasteiger partial charge in [0.25, 0.3) is 0 Å². The molecule has 2 rings (SSSR count). The number of ether oxygens (including phenoxy) is 1. The van der Waals surface area contributed by atoms with E-state index in [2.05, 4.69) is 16.3 Å². The van der Waals surface area contributed by atoms with Gasteiger partial charge in [0.1, 0.15) is 5.58 Å². The molecule has 104 valence electrons. The van der Waals surface area contributed by atoms with Crippen LogP contribution in [0.15, 0.2) is 34.9 Å². The van der Waals surface area contributed by atoms with Crippen LogP contribution < -0.4 is 5.32 Å². The SMILES string of the molecule is CN(C)CCOCCNCc1coc2ccccc12. The Hall–Kier alpha value is -1.36. The molecule has 0 saturated heterocycles. The maximum atomic E-state index is 5.52. The zero-order chi connectivity index (χ0) is 13.5. The van der Waals surface area contributed by atoms with Crippen LogP contribution in [-0.2, 0) is 11.3 Å². The molecule has 1 heterocycles. The molecule has 0 bridgehead atoms. The van der Waals surface area contributed by atoms with Crippen LogP contribution in [0.3, 0.4) is 0 Å². The summed E-state index contributed by atoms with van der Waals surface area (Å²) in [4.78, 5) is 2.12. The van der Waals surface area contributed by atoms with Crippen molar-refractivity contribution in [1.82, 2.24) is 10.2 Å². The zero-order valence-corrected chi connectivity index (χ0v) is 11.7. The molecule has 0 fully saturated rings. The second-order valence-electron chi connectivity index (χ2n) is 4.85. The van der Waals surface area contributed by atoms with Crippen molar-refractivity contribution in [2.45, 2.75) is 6.54 Å². The molecule has 1 N–H and O–H groups in total. The first-order valence-electron chi connectivity index (χ1n) is 6.65. The van der Waals surface area contributed by atoms with E-state index in [9.17, 15) is 0 Å². The van der Waals surface area contributed by atoms with Crippen molar-refractivity contribution in [3.63, 3.8) is 0 Å². The van der Waals surface area contributed by atoms with Crippen LogP contribution in [0.5, 0.6) is 0 Å². The van der Waals surface area contributed by atoms with E-state index in [1.54, 1.807) is 0 Å². The number of furan rings is 1. The third kappa shape index (κ3) is 4.35. The molecule has 0 spiro atoms. The molecular weight excluding hydrogens is 240 g/mol. The van der Waals surface area contributed by atoms with Crippen LogP contribution in [0, 0.1) is 0 Å².